The number of nitrogens with two attached hydrogens (primary N) is 1. The van der Waals surface area contributed by atoms with Crippen molar-refractivity contribution in [3.63, 3.8) is 0 Å². The highest BCUT2D eigenvalue weighted by molar-refractivity contribution is 8.38. The maximum absolute atomic E-state index is 12.8. The molecule has 1 aliphatic heterocycles. The van der Waals surface area contributed by atoms with Crippen molar-refractivity contribution in [2.75, 3.05) is 18.0 Å². The monoisotopic (exact) mass is 471 g/mol. The van der Waals surface area contributed by atoms with E-state index < -0.39 is 5.91 Å². The minimum Gasteiger partial charge on any atom is -0.378 e. The van der Waals surface area contributed by atoms with Crippen LogP contribution >= 0.6 is 23.5 Å². The van der Waals surface area contributed by atoms with Crippen molar-refractivity contribution in [3.05, 3.63) is 46.8 Å². The molecule has 0 saturated heterocycles. The molecule has 1 aliphatic rings. The second kappa shape index (κ2) is 9.96. The first-order chi connectivity index (χ1) is 15.5. The summed E-state index contributed by atoms with van der Waals surface area (Å²) in [6.45, 7) is 5.05. The zero-order valence-corrected chi connectivity index (χ0v) is 19.1. The van der Waals surface area contributed by atoms with E-state index in [2.05, 4.69) is 54.6 Å². The summed E-state index contributed by atoms with van der Waals surface area (Å²) in [4.78, 5) is 17.2. The summed E-state index contributed by atoms with van der Waals surface area (Å²) >= 11 is 3.16. The first-order valence-electron chi connectivity index (χ1n) is 9.79. The second-order valence-electron chi connectivity index (χ2n) is 7.07. The van der Waals surface area contributed by atoms with E-state index in [-0.39, 0.29) is 17.3 Å². The number of carbonyl (C=O) groups is 1. The number of nitrogens with one attached hydrogen (secondary N) is 1. The van der Waals surface area contributed by atoms with E-state index in [4.69, 9.17) is 5.73 Å². The Balaban J connectivity index is 1.51. The van der Waals surface area contributed by atoms with E-state index in [1.165, 1.54) is 22.0 Å². The van der Waals surface area contributed by atoms with Gasteiger partial charge in [0.05, 0.1) is 18.5 Å². The number of anilines is 1. The zero-order chi connectivity index (χ0) is 22.5. The van der Waals surface area contributed by atoms with E-state index >= 15 is 0 Å². The second-order valence-corrected chi connectivity index (χ2v) is 9.38. The molecule has 1 amide bonds. The van der Waals surface area contributed by atoms with E-state index in [9.17, 15) is 4.79 Å². The molecule has 0 saturated carbocycles. The van der Waals surface area contributed by atoms with Crippen molar-refractivity contribution >= 4 is 45.8 Å². The number of benzene rings is 1. The Morgan fingerprint density at radius 3 is 2.84 bits per heavy atom. The number of aromatic nitrogens is 5. The van der Waals surface area contributed by atoms with Gasteiger partial charge in [-0.15, -0.1) is 5.10 Å². The molecule has 0 unspecified atom stereocenters. The minimum absolute atomic E-state index is 0.0450. The Morgan fingerprint density at radius 1 is 1.38 bits per heavy atom. The van der Waals surface area contributed by atoms with Crippen LogP contribution in [0.5, 0.6) is 0 Å². The van der Waals surface area contributed by atoms with Gasteiger partial charge in [0.1, 0.15) is 4.38 Å². The summed E-state index contributed by atoms with van der Waals surface area (Å²) in [7, 11) is 0. The fraction of sp³-hybridized carbons (Fsp3) is 0.316. The molecule has 2 aromatic heterocycles. The molecule has 0 radical (unpaired) electrons. The maximum Gasteiger partial charge on any atom is 0.293 e. The minimum atomic E-state index is -0.502. The van der Waals surface area contributed by atoms with E-state index in [0.717, 1.165) is 22.2 Å². The molecule has 32 heavy (non-hydrogen) atoms. The van der Waals surface area contributed by atoms with Crippen molar-refractivity contribution in [2.24, 2.45) is 10.1 Å². The number of thioether (sulfide) groups is 2. The average molecular weight is 472 g/mol. The molecule has 0 spiro atoms. The Morgan fingerprint density at radius 2 is 2.19 bits per heavy atom. The van der Waals surface area contributed by atoms with Gasteiger partial charge in [-0.05, 0) is 27.4 Å². The highest BCUT2D eigenvalue weighted by Crippen LogP contribution is 2.27. The Kier molecular flexibility index (Phi) is 6.85. The van der Waals surface area contributed by atoms with Crippen LogP contribution in [-0.4, -0.2) is 54.1 Å². The third-order valence-corrected chi connectivity index (χ3v) is 6.81. The van der Waals surface area contributed by atoms with Gasteiger partial charge in [0.25, 0.3) is 5.91 Å². The van der Waals surface area contributed by atoms with Gasteiger partial charge in [0.2, 0.25) is 11.6 Å². The van der Waals surface area contributed by atoms with Crippen LogP contribution < -0.4 is 11.2 Å². The molecule has 166 valence electrons. The Labute approximate surface area is 192 Å². The number of nitrogen functional groups attached to an aromatic ring is 1. The summed E-state index contributed by atoms with van der Waals surface area (Å²) < 4.78 is 6.96. The van der Waals surface area contributed by atoms with Crippen LogP contribution in [0.15, 0.2) is 39.0 Å². The molecule has 0 aliphatic carbocycles. The lowest BCUT2D eigenvalue weighted by Crippen LogP contribution is -2.20. The number of hydrogen-bond acceptors (Lipinski definition) is 11. The predicted octanol–water partition coefficient (Wildman–Crippen LogP) is 2.46. The first-order valence-corrected chi connectivity index (χ1v) is 11.8. The maximum atomic E-state index is 12.8. The van der Waals surface area contributed by atoms with Crippen LogP contribution in [0.25, 0.3) is 5.82 Å². The van der Waals surface area contributed by atoms with Crippen LogP contribution in [-0.2, 0) is 5.75 Å². The molecule has 0 atom stereocenters. The predicted molar refractivity (Wildman–Crippen MR) is 125 cm³/mol. The number of hydrazone groups is 1. The van der Waals surface area contributed by atoms with Gasteiger partial charge in [-0.2, -0.15) is 9.78 Å². The molecule has 11 nitrogen and oxygen atoms in total. The summed E-state index contributed by atoms with van der Waals surface area (Å²) in [6.07, 6.45) is 1.57. The van der Waals surface area contributed by atoms with Crippen LogP contribution in [0.2, 0.25) is 0 Å². The highest BCUT2D eigenvalue weighted by atomic mass is 32.2. The molecule has 3 aromatic rings. The molecule has 4 rings (SSSR count). The normalized spacial score (nSPS) is 13.8. The summed E-state index contributed by atoms with van der Waals surface area (Å²) in [6, 6.07) is 7.97. The topological polar surface area (TPSA) is 149 Å². The number of carbonyl (C=O) groups excluding carboxylic acids is 1. The number of hydrogen-bond donors (Lipinski definition) is 2. The fourth-order valence-corrected chi connectivity index (χ4v) is 4.84. The lowest BCUT2D eigenvalue weighted by atomic mass is 10.0. The first kappa shape index (κ1) is 22.0. The zero-order valence-electron chi connectivity index (χ0n) is 17.4. The van der Waals surface area contributed by atoms with Crippen molar-refractivity contribution in [1.82, 2.24) is 30.7 Å². The van der Waals surface area contributed by atoms with Crippen LogP contribution in [0.3, 0.4) is 0 Å². The number of nitrogens with zero attached hydrogens (tertiary/aromatic N) is 7. The number of rotatable bonds is 7. The standard InChI is InChI=1S/C19H21N9O2S2/c1-11(2)13-5-3-12(4-6-13)9-22-24-18(29)15-14(10-32-19-21-7-8-31-19)28(27-23-15)17-16(20)25-30-26-17/h3-6,9,11H,7-8,10H2,1-2H3,(H2,20,25)(H,24,29)/b22-9-. The molecule has 0 fully saturated rings. The van der Waals surface area contributed by atoms with Crippen molar-refractivity contribution in [2.45, 2.75) is 25.5 Å². The summed E-state index contributed by atoms with van der Waals surface area (Å²) in [5.74, 6) is 1.49. The van der Waals surface area contributed by atoms with Crippen LogP contribution in [0.1, 0.15) is 47.1 Å². The van der Waals surface area contributed by atoms with Crippen LogP contribution in [0, 0.1) is 0 Å². The quantitative estimate of drug-likeness (QED) is 0.391. The largest absolute Gasteiger partial charge is 0.378 e. The van der Waals surface area contributed by atoms with E-state index in [1.54, 1.807) is 18.0 Å². The van der Waals surface area contributed by atoms with Gasteiger partial charge in [-0.25, -0.2) is 10.1 Å². The molecular formula is C19H21N9O2S2. The molecule has 0 bridgehead atoms. The van der Waals surface area contributed by atoms with Crippen molar-refractivity contribution < 1.29 is 9.42 Å². The third-order valence-electron chi connectivity index (χ3n) is 4.55. The molecule has 3 heterocycles. The summed E-state index contributed by atoms with van der Waals surface area (Å²) in [5, 5.41) is 19.4. The van der Waals surface area contributed by atoms with E-state index in [0.29, 0.717) is 17.4 Å². The summed E-state index contributed by atoms with van der Waals surface area (Å²) in [5.41, 5.74) is 11.0. The molecular weight excluding hydrogens is 450 g/mol. The third kappa shape index (κ3) is 4.99. The highest BCUT2D eigenvalue weighted by Gasteiger charge is 2.24. The van der Waals surface area contributed by atoms with Gasteiger partial charge in [-0.3, -0.25) is 9.79 Å². The lowest BCUT2D eigenvalue weighted by Gasteiger charge is -2.05. The number of aliphatic imine (C=N–C) groups is 1. The smallest absolute Gasteiger partial charge is 0.293 e. The van der Waals surface area contributed by atoms with Crippen LogP contribution in [0.4, 0.5) is 5.82 Å². The van der Waals surface area contributed by atoms with Gasteiger partial charge >= 0.3 is 0 Å². The van der Waals surface area contributed by atoms with Gasteiger partial charge < -0.3 is 5.73 Å². The van der Waals surface area contributed by atoms with Crippen molar-refractivity contribution in [1.29, 1.82) is 0 Å². The average Bonchev–Trinajstić information content (AvgIpc) is 3.53. The van der Waals surface area contributed by atoms with E-state index in [1.807, 2.05) is 24.3 Å². The lowest BCUT2D eigenvalue weighted by molar-refractivity contribution is 0.0949. The Hall–Kier alpha value is -3.19. The Bertz CT molecular complexity index is 1150. The van der Waals surface area contributed by atoms with Gasteiger partial charge in [-0.1, -0.05) is 66.9 Å². The molecule has 13 heteroatoms. The van der Waals surface area contributed by atoms with Crippen molar-refractivity contribution in [3.8, 4) is 5.82 Å². The number of amides is 1. The molecule has 3 N–H and O–H groups in total. The molecule has 1 aromatic carbocycles. The van der Waals surface area contributed by atoms with Gasteiger partial charge in [0.15, 0.2) is 5.69 Å². The van der Waals surface area contributed by atoms with Gasteiger partial charge in [0, 0.05) is 11.5 Å². The fourth-order valence-electron chi connectivity index (χ4n) is 2.83. The SMILES string of the molecule is CC(C)c1ccc(/C=N\NC(=O)c2nnn(-c3nonc3N)c2CSC2=NCCS2)cc1.